The van der Waals surface area contributed by atoms with E-state index in [1.54, 1.807) is 25.3 Å². The molecule has 1 aliphatic carbocycles. The number of nitrogens with zero attached hydrogens (tertiary/aromatic N) is 3. The summed E-state index contributed by atoms with van der Waals surface area (Å²) < 4.78 is 34.9. The minimum Gasteiger partial charge on any atom is -0.497 e. The SMILES string of the molecule is COc1ccc(Cn2nnc3c2C2(CCC3OC(=O)/C=C/c3cc(OC)c(OC)c(OC)c3)CO2)cc1. The summed E-state index contributed by atoms with van der Waals surface area (Å²) >= 11 is 0. The van der Waals surface area contributed by atoms with Gasteiger partial charge in [-0.1, -0.05) is 17.3 Å². The van der Waals surface area contributed by atoms with Crippen molar-refractivity contribution in [3.8, 4) is 23.0 Å². The third-order valence-electron chi connectivity index (χ3n) is 6.65. The van der Waals surface area contributed by atoms with E-state index in [0.717, 1.165) is 23.4 Å². The summed E-state index contributed by atoms with van der Waals surface area (Å²) in [6.45, 7) is 1.14. The summed E-state index contributed by atoms with van der Waals surface area (Å²) in [6.07, 6.45) is 3.84. The molecule has 1 spiro atoms. The average molecular weight is 508 g/mol. The normalized spacial score (nSPS) is 19.9. The van der Waals surface area contributed by atoms with Crippen LogP contribution in [-0.2, 0) is 26.4 Å². The summed E-state index contributed by atoms with van der Waals surface area (Å²) in [6, 6.07) is 11.3. The van der Waals surface area contributed by atoms with Gasteiger partial charge in [-0.3, -0.25) is 0 Å². The number of epoxide rings is 1. The maximum atomic E-state index is 12.8. The van der Waals surface area contributed by atoms with E-state index in [2.05, 4.69) is 10.3 Å². The summed E-state index contributed by atoms with van der Waals surface area (Å²) in [5, 5.41) is 8.78. The predicted molar refractivity (Wildman–Crippen MR) is 133 cm³/mol. The second-order valence-electron chi connectivity index (χ2n) is 8.87. The number of ether oxygens (including phenoxy) is 6. The lowest BCUT2D eigenvalue weighted by Crippen LogP contribution is -2.26. The zero-order valence-electron chi connectivity index (χ0n) is 21.2. The van der Waals surface area contributed by atoms with Crippen molar-refractivity contribution in [1.82, 2.24) is 15.0 Å². The molecule has 2 atom stereocenters. The molecule has 10 heteroatoms. The highest BCUT2D eigenvalue weighted by atomic mass is 16.6. The molecular weight excluding hydrogens is 478 g/mol. The van der Waals surface area contributed by atoms with E-state index in [9.17, 15) is 4.79 Å². The number of hydrogen-bond donors (Lipinski definition) is 0. The van der Waals surface area contributed by atoms with Crippen molar-refractivity contribution >= 4 is 12.0 Å². The summed E-state index contributed by atoms with van der Waals surface area (Å²) in [5.41, 5.74) is 2.87. The zero-order chi connectivity index (χ0) is 26.0. The van der Waals surface area contributed by atoms with Crippen LogP contribution in [0.4, 0.5) is 0 Å². The van der Waals surface area contributed by atoms with E-state index < -0.39 is 17.7 Å². The van der Waals surface area contributed by atoms with Crippen LogP contribution in [0.25, 0.3) is 6.08 Å². The van der Waals surface area contributed by atoms with E-state index in [0.29, 0.717) is 48.1 Å². The molecule has 2 unspecified atom stereocenters. The fourth-order valence-electron chi connectivity index (χ4n) is 4.67. The summed E-state index contributed by atoms with van der Waals surface area (Å²) in [7, 11) is 6.25. The lowest BCUT2D eigenvalue weighted by molar-refractivity contribution is -0.144. The number of methoxy groups -OCH3 is 4. The molecule has 1 aromatic heterocycles. The van der Waals surface area contributed by atoms with Crippen LogP contribution in [0, 0.1) is 0 Å². The van der Waals surface area contributed by atoms with Gasteiger partial charge in [0.15, 0.2) is 11.5 Å². The first kappa shape index (κ1) is 24.6. The van der Waals surface area contributed by atoms with Gasteiger partial charge in [0.05, 0.1) is 41.6 Å². The monoisotopic (exact) mass is 507 g/mol. The maximum Gasteiger partial charge on any atom is 0.331 e. The first-order chi connectivity index (χ1) is 18.0. The van der Waals surface area contributed by atoms with Gasteiger partial charge in [-0.2, -0.15) is 0 Å². The van der Waals surface area contributed by atoms with E-state index in [1.807, 2.05) is 28.9 Å². The lowest BCUT2D eigenvalue weighted by Gasteiger charge is -2.26. The van der Waals surface area contributed by atoms with E-state index in [-0.39, 0.29) is 0 Å². The Hall–Kier alpha value is -4.05. The average Bonchev–Trinajstić information content (AvgIpc) is 3.57. The van der Waals surface area contributed by atoms with Crippen molar-refractivity contribution in [3.05, 3.63) is 65.0 Å². The molecule has 0 N–H and O–H groups in total. The highest BCUT2D eigenvalue weighted by Gasteiger charge is 2.55. The molecule has 2 aliphatic rings. The quantitative estimate of drug-likeness (QED) is 0.244. The molecule has 1 aliphatic heterocycles. The number of carbonyl (C=O) groups is 1. The van der Waals surface area contributed by atoms with Crippen molar-refractivity contribution in [1.29, 1.82) is 0 Å². The molecule has 0 saturated carbocycles. The number of fused-ring (bicyclic) bond motifs is 2. The first-order valence-electron chi connectivity index (χ1n) is 11.9. The Kier molecular flexibility index (Phi) is 6.75. The Morgan fingerprint density at radius 3 is 2.38 bits per heavy atom. The molecule has 3 aromatic rings. The Labute approximate surface area is 214 Å². The van der Waals surface area contributed by atoms with Crippen LogP contribution < -0.4 is 18.9 Å². The van der Waals surface area contributed by atoms with Crippen molar-refractivity contribution in [2.75, 3.05) is 35.0 Å². The molecule has 0 amide bonds. The fourth-order valence-corrected chi connectivity index (χ4v) is 4.67. The van der Waals surface area contributed by atoms with Gasteiger partial charge < -0.3 is 28.4 Å². The zero-order valence-corrected chi connectivity index (χ0v) is 21.2. The highest BCUT2D eigenvalue weighted by molar-refractivity contribution is 5.87. The minimum absolute atomic E-state index is 0.403. The van der Waals surface area contributed by atoms with E-state index >= 15 is 0 Å². The van der Waals surface area contributed by atoms with Gasteiger partial charge in [0.1, 0.15) is 28.8 Å². The molecule has 10 nitrogen and oxygen atoms in total. The van der Waals surface area contributed by atoms with Crippen molar-refractivity contribution < 1.29 is 33.2 Å². The third kappa shape index (κ3) is 4.84. The largest absolute Gasteiger partial charge is 0.497 e. The first-order valence-corrected chi connectivity index (χ1v) is 11.9. The second-order valence-corrected chi connectivity index (χ2v) is 8.87. The third-order valence-corrected chi connectivity index (χ3v) is 6.65. The number of rotatable bonds is 9. The van der Waals surface area contributed by atoms with Gasteiger partial charge in [-0.25, -0.2) is 9.48 Å². The van der Waals surface area contributed by atoms with Gasteiger partial charge in [0, 0.05) is 6.08 Å². The molecule has 2 aromatic carbocycles. The van der Waals surface area contributed by atoms with E-state index in [1.165, 1.54) is 27.4 Å². The topological polar surface area (TPSA) is 106 Å². The van der Waals surface area contributed by atoms with Crippen LogP contribution in [0.2, 0.25) is 0 Å². The Morgan fingerprint density at radius 2 is 1.78 bits per heavy atom. The van der Waals surface area contributed by atoms with Gasteiger partial charge in [0.25, 0.3) is 0 Å². The fraction of sp³-hybridized carbons (Fsp3) is 0.370. The molecule has 5 rings (SSSR count). The molecule has 0 bridgehead atoms. The van der Waals surface area contributed by atoms with Gasteiger partial charge in [0.2, 0.25) is 5.75 Å². The molecular formula is C27H29N3O7. The number of carbonyl (C=O) groups excluding carboxylic acids is 1. The van der Waals surface area contributed by atoms with Crippen molar-refractivity contribution in [2.45, 2.75) is 31.1 Å². The van der Waals surface area contributed by atoms with Gasteiger partial charge in [-0.05, 0) is 54.3 Å². The lowest BCUT2D eigenvalue weighted by atomic mass is 9.88. The van der Waals surface area contributed by atoms with Gasteiger partial charge in [-0.15, -0.1) is 5.10 Å². The summed E-state index contributed by atoms with van der Waals surface area (Å²) in [4.78, 5) is 12.8. The number of benzene rings is 2. The Bertz CT molecular complexity index is 1290. The number of esters is 1. The molecule has 37 heavy (non-hydrogen) atoms. The van der Waals surface area contributed by atoms with Crippen LogP contribution in [0.1, 0.15) is 41.5 Å². The summed E-state index contributed by atoms with van der Waals surface area (Å²) in [5.74, 6) is 1.78. The van der Waals surface area contributed by atoms with Crippen LogP contribution >= 0.6 is 0 Å². The smallest absolute Gasteiger partial charge is 0.331 e. The van der Waals surface area contributed by atoms with Crippen molar-refractivity contribution in [2.24, 2.45) is 0 Å². The van der Waals surface area contributed by atoms with Crippen LogP contribution in [0.5, 0.6) is 23.0 Å². The van der Waals surface area contributed by atoms with Crippen LogP contribution in [0.15, 0.2) is 42.5 Å². The second kappa shape index (κ2) is 10.1. The molecule has 194 valence electrons. The van der Waals surface area contributed by atoms with Gasteiger partial charge >= 0.3 is 5.97 Å². The number of aromatic nitrogens is 3. The van der Waals surface area contributed by atoms with Crippen molar-refractivity contribution in [3.63, 3.8) is 0 Å². The highest BCUT2D eigenvalue weighted by Crippen LogP contribution is 2.51. The minimum atomic E-state index is -0.508. The standard InChI is InChI=1S/C27H29N3O7/c1-32-19-8-5-17(6-9-19)15-30-26-24(28-29-30)20(11-12-27(26)16-36-27)37-23(31)10-7-18-13-21(33-2)25(35-4)22(14-18)34-3/h5-10,13-14,20H,11-12,15-16H2,1-4H3/b10-7+. The van der Waals surface area contributed by atoms with Crippen LogP contribution in [-0.4, -0.2) is 56.0 Å². The predicted octanol–water partition coefficient (Wildman–Crippen LogP) is 3.68. The molecule has 0 radical (unpaired) electrons. The molecule has 1 saturated heterocycles. The Balaban J connectivity index is 1.33. The maximum absolute atomic E-state index is 12.8. The molecule has 2 heterocycles. The molecule has 1 fully saturated rings. The van der Waals surface area contributed by atoms with E-state index in [4.69, 9.17) is 28.4 Å². The Morgan fingerprint density at radius 1 is 1.08 bits per heavy atom. The number of hydrogen-bond acceptors (Lipinski definition) is 9. The van der Waals surface area contributed by atoms with Crippen LogP contribution in [0.3, 0.4) is 0 Å².